The highest BCUT2D eigenvalue weighted by atomic mass is 35.5. The second-order valence-electron chi connectivity index (χ2n) is 3.61. The van der Waals surface area contributed by atoms with Crippen molar-refractivity contribution >= 4 is 19.2 Å². The molecular formula is C6H17ClNO3P. The lowest BCUT2D eigenvalue weighted by molar-refractivity contribution is -0.458. The number of hydrogen-bond donors (Lipinski definition) is 2. The van der Waals surface area contributed by atoms with Gasteiger partial charge in [0.15, 0.2) is 0 Å². The van der Waals surface area contributed by atoms with Gasteiger partial charge in [-0.2, -0.15) is 0 Å². The van der Waals surface area contributed by atoms with Gasteiger partial charge in [-0.15, -0.1) is 11.6 Å². The summed E-state index contributed by atoms with van der Waals surface area (Å²) in [6, 6.07) is 0. The van der Waals surface area contributed by atoms with Crippen LogP contribution in [0.2, 0.25) is 0 Å². The number of alkyl halides is 1. The van der Waals surface area contributed by atoms with Crippen LogP contribution in [-0.4, -0.2) is 22.5 Å². The van der Waals surface area contributed by atoms with Crippen LogP contribution >= 0.6 is 19.2 Å². The van der Waals surface area contributed by atoms with E-state index in [1.54, 1.807) is 0 Å². The summed E-state index contributed by atoms with van der Waals surface area (Å²) in [6.45, 7) is 6.23. The van der Waals surface area contributed by atoms with Crippen molar-refractivity contribution in [3.63, 3.8) is 0 Å². The average molecular weight is 218 g/mol. The molecule has 1 unspecified atom stereocenters. The highest BCUT2D eigenvalue weighted by Crippen LogP contribution is 2.27. The fourth-order valence-electron chi connectivity index (χ4n) is 0.107. The Morgan fingerprint density at radius 3 is 1.83 bits per heavy atom. The van der Waals surface area contributed by atoms with Crippen molar-refractivity contribution in [1.29, 1.82) is 0 Å². The minimum absolute atomic E-state index is 0.0444. The van der Waals surface area contributed by atoms with E-state index in [1.165, 1.54) is 0 Å². The largest absolute Gasteiger partial charge is 0.779 e. The predicted molar refractivity (Wildman–Crippen MR) is 48.1 cm³/mol. The molecule has 0 aromatic heterocycles. The second-order valence-corrected chi connectivity index (χ2v) is 5.71. The Balaban J connectivity index is 0. The SMILES string of the molecule is CC(C)(C)[NH3+].O=P([O-])(O)CCCl. The first kappa shape index (κ1) is 14.9. The molecule has 4 N–H and O–H groups in total. The van der Waals surface area contributed by atoms with Gasteiger partial charge in [0.1, 0.15) is 7.60 Å². The van der Waals surface area contributed by atoms with Crippen LogP contribution in [0.15, 0.2) is 0 Å². The fraction of sp³-hybridized carbons (Fsp3) is 1.00. The van der Waals surface area contributed by atoms with E-state index in [4.69, 9.17) is 16.5 Å². The molecule has 0 aliphatic rings. The van der Waals surface area contributed by atoms with Crippen LogP contribution < -0.4 is 10.6 Å². The minimum atomic E-state index is -4.05. The van der Waals surface area contributed by atoms with E-state index in [0.717, 1.165) is 0 Å². The molecule has 0 aromatic carbocycles. The summed E-state index contributed by atoms with van der Waals surface area (Å²) >= 11 is 4.95. The summed E-state index contributed by atoms with van der Waals surface area (Å²) in [5.41, 5.74) is 4.02. The summed E-state index contributed by atoms with van der Waals surface area (Å²) in [5, 5.41) is 0. The average Bonchev–Trinajstić information content (AvgIpc) is 1.54. The van der Waals surface area contributed by atoms with Crippen molar-refractivity contribution in [2.75, 3.05) is 12.0 Å². The summed E-state index contributed by atoms with van der Waals surface area (Å²) < 4.78 is 9.73. The maximum absolute atomic E-state index is 9.73. The molecule has 0 radical (unpaired) electrons. The Morgan fingerprint density at radius 1 is 1.58 bits per heavy atom. The normalized spacial score (nSPS) is 15.9. The number of rotatable bonds is 2. The molecule has 6 heteroatoms. The van der Waals surface area contributed by atoms with E-state index in [2.05, 4.69) is 26.5 Å². The van der Waals surface area contributed by atoms with E-state index < -0.39 is 7.60 Å². The third-order valence-corrected chi connectivity index (χ3v) is 1.61. The Labute approximate surface area is 78.3 Å². The van der Waals surface area contributed by atoms with Gasteiger partial charge in [-0.3, -0.25) is 0 Å². The molecular weight excluding hydrogens is 200 g/mol. The molecule has 12 heavy (non-hydrogen) atoms. The highest BCUT2D eigenvalue weighted by Gasteiger charge is 2.00. The smallest absolute Gasteiger partial charge is 0.133 e. The van der Waals surface area contributed by atoms with Crippen molar-refractivity contribution in [3.05, 3.63) is 0 Å². The zero-order valence-electron chi connectivity index (χ0n) is 7.71. The first-order valence-corrected chi connectivity index (χ1v) is 5.80. The quantitative estimate of drug-likeness (QED) is 0.496. The van der Waals surface area contributed by atoms with Crippen LogP contribution in [0.4, 0.5) is 0 Å². The lowest BCUT2D eigenvalue weighted by Crippen LogP contribution is -2.67. The van der Waals surface area contributed by atoms with Gasteiger partial charge >= 0.3 is 0 Å². The number of halogens is 1. The van der Waals surface area contributed by atoms with Crippen LogP contribution in [-0.2, 0) is 4.57 Å². The van der Waals surface area contributed by atoms with Gasteiger partial charge < -0.3 is 20.1 Å². The zero-order chi connectivity index (χ0) is 10.4. The van der Waals surface area contributed by atoms with E-state index >= 15 is 0 Å². The molecule has 1 atom stereocenters. The monoisotopic (exact) mass is 217 g/mol. The van der Waals surface area contributed by atoms with Gasteiger partial charge in [-0.05, 0) is 20.8 Å². The highest BCUT2D eigenvalue weighted by molar-refractivity contribution is 7.50. The zero-order valence-corrected chi connectivity index (χ0v) is 9.36. The van der Waals surface area contributed by atoms with Crippen molar-refractivity contribution in [1.82, 2.24) is 0 Å². The van der Waals surface area contributed by atoms with Gasteiger partial charge in [0.25, 0.3) is 0 Å². The fourth-order valence-corrected chi connectivity index (χ4v) is 0.961. The summed E-state index contributed by atoms with van der Waals surface area (Å²) in [6.07, 6.45) is -0.339. The van der Waals surface area contributed by atoms with Crippen LogP contribution in [0.5, 0.6) is 0 Å². The van der Waals surface area contributed by atoms with E-state index in [-0.39, 0.29) is 17.6 Å². The molecule has 0 bridgehead atoms. The van der Waals surface area contributed by atoms with E-state index in [0.29, 0.717) is 0 Å². The van der Waals surface area contributed by atoms with E-state index in [1.807, 2.05) is 0 Å². The summed E-state index contributed by atoms with van der Waals surface area (Å²) in [7, 11) is -4.05. The van der Waals surface area contributed by atoms with Crippen molar-refractivity contribution in [2.45, 2.75) is 26.3 Å². The third-order valence-electron chi connectivity index (χ3n) is 0.367. The lowest BCUT2D eigenvalue weighted by atomic mass is 10.1. The molecule has 0 aliphatic carbocycles. The van der Waals surface area contributed by atoms with Gasteiger partial charge in [-0.25, -0.2) is 0 Å². The van der Waals surface area contributed by atoms with Gasteiger partial charge in [-0.1, -0.05) is 0 Å². The van der Waals surface area contributed by atoms with Gasteiger partial charge in [0.05, 0.1) is 5.54 Å². The Bertz CT molecular complexity index is 145. The first-order valence-electron chi connectivity index (χ1n) is 3.50. The molecule has 4 nitrogen and oxygen atoms in total. The number of quaternary nitrogens is 1. The Hall–Kier alpha value is 0.400. The summed E-state index contributed by atoms with van der Waals surface area (Å²) in [4.78, 5) is 17.7. The molecule has 0 heterocycles. The Morgan fingerprint density at radius 2 is 1.83 bits per heavy atom. The van der Waals surface area contributed by atoms with Crippen LogP contribution in [0, 0.1) is 0 Å². The topological polar surface area (TPSA) is 88.0 Å². The van der Waals surface area contributed by atoms with Crippen molar-refractivity contribution in [3.8, 4) is 0 Å². The first-order chi connectivity index (χ1) is 5.06. The van der Waals surface area contributed by atoms with Crippen LogP contribution in [0.3, 0.4) is 0 Å². The van der Waals surface area contributed by atoms with E-state index in [9.17, 15) is 9.46 Å². The molecule has 0 amide bonds. The molecule has 76 valence electrons. The molecule has 0 spiro atoms. The minimum Gasteiger partial charge on any atom is -0.779 e. The molecule has 0 saturated heterocycles. The molecule has 0 aliphatic heterocycles. The molecule has 0 rings (SSSR count). The maximum atomic E-state index is 9.73. The second kappa shape index (κ2) is 5.95. The molecule has 0 fully saturated rings. The van der Waals surface area contributed by atoms with Gasteiger partial charge in [0, 0.05) is 12.0 Å². The Kier molecular flexibility index (Phi) is 7.38. The van der Waals surface area contributed by atoms with Crippen LogP contribution in [0.25, 0.3) is 0 Å². The third kappa shape index (κ3) is 47.5. The maximum Gasteiger partial charge on any atom is 0.133 e. The standard InChI is InChI=1S/C4H11N.C2H6ClO3P/c1-4(2,3)5;3-1-2-7(4,5)6/h5H2,1-3H3;1-2H2,(H2,4,5,6). The van der Waals surface area contributed by atoms with Crippen molar-refractivity contribution < 1.29 is 20.1 Å². The molecule has 0 aromatic rings. The van der Waals surface area contributed by atoms with Gasteiger partial charge in [0.2, 0.25) is 0 Å². The lowest BCUT2D eigenvalue weighted by Gasteiger charge is -2.11. The van der Waals surface area contributed by atoms with Crippen LogP contribution in [0.1, 0.15) is 20.8 Å². The predicted octanol–water partition coefficient (Wildman–Crippen LogP) is -0.202. The molecule has 0 saturated carbocycles. The summed E-state index contributed by atoms with van der Waals surface area (Å²) in [5.74, 6) is -0.0444. The number of hydrogen-bond acceptors (Lipinski definition) is 2. The van der Waals surface area contributed by atoms with Crippen molar-refractivity contribution in [2.24, 2.45) is 0 Å².